The average Bonchev–Trinajstić information content (AvgIpc) is 3.05. The topological polar surface area (TPSA) is 68.3 Å². The summed E-state index contributed by atoms with van der Waals surface area (Å²) in [6.45, 7) is 3.80. The molecule has 3 rings (SSSR count). The summed E-state index contributed by atoms with van der Waals surface area (Å²) in [4.78, 5) is 11.4. The van der Waals surface area contributed by atoms with Crippen molar-refractivity contribution in [1.82, 2.24) is 9.78 Å². The van der Waals surface area contributed by atoms with Crippen LogP contribution in [-0.4, -0.2) is 20.9 Å². The van der Waals surface area contributed by atoms with E-state index in [1.807, 2.05) is 31.2 Å². The smallest absolute Gasteiger partial charge is 0.339 e. The largest absolute Gasteiger partial charge is 0.478 e. The molecular weight excluding hydrogens is 268 g/mol. The summed E-state index contributed by atoms with van der Waals surface area (Å²) in [6.07, 6.45) is 1.50. The fourth-order valence-corrected chi connectivity index (χ4v) is 2.10. The molecule has 0 amide bonds. The first-order valence-corrected chi connectivity index (χ1v) is 6.51. The number of hydrogen-bond acceptors (Lipinski definition) is 3. The van der Waals surface area contributed by atoms with E-state index in [9.17, 15) is 9.90 Å². The van der Waals surface area contributed by atoms with E-state index >= 15 is 0 Å². The number of furan rings is 1. The van der Waals surface area contributed by atoms with E-state index in [0.29, 0.717) is 17.2 Å². The normalized spacial score (nSPS) is 10.8. The number of nitrogens with zero attached hydrogens (tertiary/aromatic N) is 2. The van der Waals surface area contributed by atoms with Crippen molar-refractivity contribution in [2.45, 2.75) is 13.8 Å². The van der Waals surface area contributed by atoms with E-state index in [0.717, 1.165) is 11.3 Å². The Kier molecular flexibility index (Phi) is 3.10. The van der Waals surface area contributed by atoms with Crippen LogP contribution in [0.25, 0.3) is 17.1 Å². The van der Waals surface area contributed by atoms with Crippen molar-refractivity contribution in [1.29, 1.82) is 0 Å². The first kappa shape index (κ1) is 13.2. The van der Waals surface area contributed by atoms with Gasteiger partial charge in [-0.25, -0.2) is 9.48 Å². The lowest BCUT2D eigenvalue weighted by atomic mass is 10.2. The van der Waals surface area contributed by atoms with Gasteiger partial charge >= 0.3 is 5.97 Å². The quantitative estimate of drug-likeness (QED) is 0.799. The van der Waals surface area contributed by atoms with Gasteiger partial charge in [-0.2, -0.15) is 5.10 Å². The van der Waals surface area contributed by atoms with Crippen LogP contribution in [0.4, 0.5) is 0 Å². The van der Waals surface area contributed by atoms with Gasteiger partial charge in [0.05, 0.1) is 5.69 Å². The first-order valence-electron chi connectivity index (χ1n) is 6.51. The van der Waals surface area contributed by atoms with Crippen LogP contribution in [-0.2, 0) is 0 Å². The molecule has 21 heavy (non-hydrogen) atoms. The number of aryl methyl sites for hydroxylation is 2. The molecule has 0 aliphatic heterocycles. The van der Waals surface area contributed by atoms with Gasteiger partial charge in [0.15, 0.2) is 5.76 Å². The van der Waals surface area contributed by atoms with E-state index in [-0.39, 0.29) is 5.56 Å². The predicted molar refractivity (Wildman–Crippen MR) is 77.7 cm³/mol. The van der Waals surface area contributed by atoms with Gasteiger partial charge in [0.2, 0.25) is 0 Å². The molecule has 5 nitrogen and oxygen atoms in total. The lowest BCUT2D eigenvalue weighted by Gasteiger charge is -2.00. The van der Waals surface area contributed by atoms with Crippen molar-refractivity contribution in [2.75, 3.05) is 0 Å². The number of carboxylic acid groups (broad SMARTS) is 1. The van der Waals surface area contributed by atoms with Crippen LogP contribution >= 0.6 is 0 Å². The highest BCUT2D eigenvalue weighted by Gasteiger charge is 2.20. The SMILES string of the molecule is Cc1ccc(-n2cc(C(=O)O)c(-c3ccc(C)o3)n2)cc1. The van der Waals surface area contributed by atoms with Crippen LogP contribution < -0.4 is 0 Å². The Morgan fingerprint density at radius 2 is 1.86 bits per heavy atom. The molecule has 0 bridgehead atoms. The summed E-state index contributed by atoms with van der Waals surface area (Å²) in [5, 5.41) is 13.7. The molecule has 0 unspecified atom stereocenters. The van der Waals surface area contributed by atoms with E-state index < -0.39 is 5.97 Å². The van der Waals surface area contributed by atoms with E-state index in [4.69, 9.17) is 4.42 Å². The zero-order valence-electron chi connectivity index (χ0n) is 11.7. The molecule has 1 aromatic carbocycles. The molecule has 1 N–H and O–H groups in total. The number of benzene rings is 1. The minimum Gasteiger partial charge on any atom is -0.478 e. The number of aromatic nitrogens is 2. The highest BCUT2D eigenvalue weighted by Crippen LogP contribution is 2.25. The summed E-state index contributed by atoms with van der Waals surface area (Å²) in [5.74, 6) is 0.138. The van der Waals surface area contributed by atoms with Gasteiger partial charge in [0.1, 0.15) is 17.0 Å². The van der Waals surface area contributed by atoms with Crippen LogP contribution in [0.2, 0.25) is 0 Å². The Hall–Kier alpha value is -2.82. The highest BCUT2D eigenvalue weighted by atomic mass is 16.4. The number of carbonyl (C=O) groups is 1. The molecule has 0 aliphatic carbocycles. The van der Waals surface area contributed by atoms with Crippen LogP contribution in [0.15, 0.2) is 47.0 Å². The van der Waals surface area contributed by atoms with Crippen molar-refractivity contribution in [3.8, 4) is 17.1 Å². The minimum atomic E-state index is -1.03. The average molecular weight is 282 g/mol. The molecule has 0 radical (unpaired) electrons. The van der Waals surface area contributed by atoms with Crippen molar-refractivity contribution in [3.63, 3.8) is 0 Å². The molecular formula is C16H14N2O3. The zero-order valence-corrected chi connectivity index (χ0v) is 11.7. The molecule has 2 aromatic heterocycles. The summed E-state index contributed by atoms with van der Waals surface area (Å²) >= 11 is 0. The Bertz CT molecular complexity index is 797. The first-order chi connectivity index (χ1) is 10.0. The van der Waals surface area contributed by atoms with Crippen molar-refractivity contribution < 1.29 is 14.3 Å². The van der Waals surface area contributed by atoms with Crippen LogP contribution in [0, 0.1) is 13.8 Å². The molecule has 0 fully saturated rings. The fraction of sp³-hybridized carbons (Fsp3) is 0.125. The van der Waals surface area contributed by atoms with E-state index in [1.54, 1.807) is 23.7 Å². The van der Waals surface area contributed by atoms with Crippen LogP contribution in [0.3, 0.4) is 0 Å². The summed E-state index contributed by atoms with van der Waals surface area (Å²) in [6, 6.07) is 11.2. The second-order valence-electron chi connectivity index (χ2n) is 4.89. The summed E-state index contributed by atoms with van der Waals surface area (Å²) in [5.41, 5.74) is 2.38. The predicted octanol–water partition coefficient (Wildman–Crippen LogP) is 3.45. The van der Waals surface area contributed by atoms with Gasteiger partial charge in [0.25, 0.3) is 0 Å². The molecule has 0 saturated heterocycles. The van der Waals surface area contributed by atoms with Gasteiger partial charge in [-0.05, 0) is 38.1 Å². The second-order valence-corrected chi connectivity index (χ2v) is 4.89. The third-order valence-electron chi connectivity index (χ3n) is 3.22. The highest BCUT2D eigenvalue weighted by molar-refractivity contribution is 5.94. The van der Waals surface area contributed by atoms with Gasteiger partial charge in [-0.1, -0.05) is 17.7 Å². The number of hydrogen-bond donors (Lipinski definition) is 1. The standard InChI is InChI=1S/C16H14N2O3/c1-10-3-6-12(7-4-10)18-9-13(16(19)20)15(17-18)14-8-5-11(2)21-14/h3-9H,1-2H3,(H,19,20). The molecule has 0 saturated carbocycles. The Balaban J connectivity index is 2.12. The van der Waals surface area contributed by atoms with Crippen molar-refractivity contribution in [3.05, 3.63) is 59.5 Å². The maximum atomic E-state index is 11.4. The minimum absolute atomic E-state index is 0.116. The number of carboxylic acids is 1. The van der Waals surface area contributed by atoms with Gasteiger partial charge < -0.3 is 9.52 Å². The Labute approximate surface area is 121 Å². The lowest BCUT2D eigenvalue weighted by molar-refractivity contribution is 0.0697. The van der Waals surface area contributed by atoms with E-state index in [2.05, 4.69) is 5.10 Å². The van der Waals surface area contributed by atoms with Gasteiger partial charge in [0, 0.05) is 6.20 Å². The maximum Gasteiger partial charge on any atom is 0.339 e. The lowest BCUT2D eigenvalue weighted by Crippen LogP contribution is -1.96. The second kappa shape index (κ2) is 4.94. The van der Waals surface area contributed by atoms with Gasteiger partial charge in [-0.15, -0.1) is 0 Å². The molecule has 0 aliphatic rings. The summed E-state index contributed by atoms with van der Waals surface area (Å²) in [7, 11) is 0. The number of aromatic carboxylic acids is 1. The van der Waals surface area contributed by atoms with Crippen LogP contribution in [0.1, 0.15) is 21.7 Å². The number of rotatable bonds is 3. The molecule has 106 valence electrons. The monoisotopic (exact) mass is 282 g/mol. The van der Waals surface area contributed by atoms with E-state index in [1.165, 1.54) is 6.20 Å². The Morgan fingerprint density at radius 1 is 1.14 bits per heavy atom. The Morgan fingerprint density at radius 3 is 2.43 bits per heavy atom. The fourth-order valence-electron chi connectivity index (χ4n) is 2.10. The van der Waals surface area contributed by atoms with Crippen molar-refractivity contribution >= 4 is 5.97 Å². The maximum absolute atomic E-state index is 11.4. The molecule has 5 heteroatoms. The third-order valence-corrected chi connectivity index (χ3v) is 3.22. The van der Waals surface area contributed by atoms with Crippen molar-refractivity contribution in [2.24, 2.45) is 0 Å². The molecule has 3 aromatic rings. The molecule has 2 heterocycles. The third kappa shape index (κ3) is 2.45. The molecule has 0 atom stereocenters. The zero-order chi connectivity index (χ0) is 15.0. The van der Waals surface area contributed by atoms with Gasteiger partial charge in [-0.3, -0.25) is 0 Å². The molecule has 0 spiro atoms. The van der Waals surface area contributed by atoms with Crippen LogP contribution in [0.5, 0.6) is 0 Å². The summed E-state index contributed by atoms with van der Waals surface area (Å²) < 4.78 is 7.04.